The summed E-state index contributed by atoms with van der Waals surface area (Å²) in [6, 6.07) is 30.5. The first-order chi connectivity index (χ1) is 12.3. The van der Waals surface area contributed by atoms with Gasteiger partial charge >= 0.3 is 0 Å². The van der Waals surface area contributed by atoms with Gasteiger partial charge in [-0.05, 0) is 36.5 Å². The minimum Gasteiger partial charge on any atom is -0.298 e. The van der Waals surface area contributed by atoms with Crippen molar-refractivity contribution in [1.29, 1.82) is 0 Å². The lowest BCUT2D eigenvalue weighted by Crippen LogP contribution is -2.28. The quantitative estimate of drug-likeness (QED) is 0.543. The van der Waals surface area contributed by atoms with Gasteiger partial charge in [0.15, 0.2) is 0 Å². The lowest BCUT2D eigenvalue weighted by Gasteiger charge is -2.23. The maximum Gasteiger partial charge on any atom is 0.0233 e. The molecule has 0 aliphatic rings. The first-order valence-electron chi connectivity index (χ1n) is 9.15. The zero-order valence-electron chi connectivity index (χ0n) is 15.1. The average molecular weight is 329 g/mol. The van der Waals surface area contributed by atoms with Crippen molar-refractivity contribution in [2.75, 3.05) is 13.1 Å². The number of aryl methyl sites for hydroxylation is 1. The van der Waals surface area contributed by atoms with Crippen LogP contribution in [0.4, 0.5) is 0 Å². The molecule has 128 valence electrons. The third-order valence-electron chi connectivity index (χ3n) is 4.65. The minimum atomic E-state index is 1.01. The Hall–Kier alpha value is -2.38. The third kappa shape index (κ3) is 5.88. The van der Waals surface area contributed by atoms with Gasteiger partial charge in [0.2, 0.25) is 0 Å². The molecule has 3 aromatic rings. The second-order valence-electron chi connectivity index (χ2n) is 6.73. The molecule has 1 nitrogen and oxygen atoms in total. The number of rotatable bonds is 8. The van der Waals surface area contributed by atoms with E-state index in [1.54, 1.807) is 0 Å². The molecule has 0 unspecified atom stereocenters. The third-order valence-corrected chi connectivity index (χ3v) is 4.65. The fourth-order valence-electron chi connectivity index (χ4n) is 3.09. The second kappa shape index (κ2) is 9.19. The van der Waals surface area contributed by atoms with Gasteiger partial charge < -0.3 is 0 Å². The number of nitrogens with zero attached hydrogens (tertiary/aromatic N) is 1. The van der Waals surface area contributed by atoms with Gasteiger partial charge in [-0.3, -0.25) is 4.90 Å². The molecular formula is C24H27N. The molecule has 0 saturated carbocycles. The topological polar surface area (TPSA) is 3.24 Å². The van der Waals surface area contributed by atoms with Crippen molar-refractivity contribution in [1.82, 2.24) is 4.90 Å². The van der Waals surface area contributed by atoms with E-state index in [4.69, 9.17) is 0 Å². The Bertz CT molecular complexity index is 689. The zero-order chi connectivity index (χ0) is 17.3. The van der Waals surface area contributed by atoms with Gasteiger partial charge in [0.25, 0.3) is 0 Å². The van der Waals surface area contributed by atoms with E-state index in [0.717, 1.165) is 32.5 Å². The van der Waals surface area contributed by atoms with Crippen LogP contribution in [0.2, 0.25) is 0 Å². The summed E-state index contributed by atoms with van der Waals surface area (Å²) in [5, 5.41) is 0. The molecule has 0 fully saturated rings. The predicted octanol–water partition coefficient (Wildman–Crippen LogP) is 5.28. The molecule has 0 aromatic heterocycles. The van der Waals surface area contributed by atoms with E-state index in [1.165, 1.54) is 22.3 Å². The summed E-state index contributed by atoms with van der Waals surface area (Å²) in [7, 11) is 0. The fraction of sp³-hybridized carbons (Fsp3) is 0.250. The summed E-state index contributed by atoms with van der Waals surface area (Å²) in [5.74, 6) is 0. The smallest absolute Gasteiger partial charge is 0.0233 e. The maximum atomic E-state index is 2.57. The first-order valence-corrected chi connectivity index (χ1v) is 9.15. The van der Waals surface area contributed by atoms with Crippen LogP contribution in [0.15, 0.2) is 84.9 Å². The largest absolute Gasteiger partial charge is 0.298 e. The van der Waals surface area contributed by atoms with Crippen LogP contribution in [0.3, 0.4) is 0 Å². The summed E-state index contributed by atoms with van der Waals surface area (Å²) in [6.07, 6.45) is 2.20. The molecular weight excluding hydrogens is 302 g/mol. The highest BCUT2D eigenvalue weighted by Gasteiger charge is 2.07. The molecule has 0 bridgehead atoms. The number of benzene rings is 3. The van der Waals surface area contributed by atoms with Crippen molar-refractivity contribution < 1.29 is 0 Å². The van der Waals surface area contributed by atoms with E-state index in [1.807, 2.05) is 0 Å². The molecule has 1 heteroatoms. The molecule has 0 amide bonds. The molecule has 0 atom stereocenters. The van der Waals surface area contributed by atoms with E-state index in [-0.39, 0.29) is 0 Å². The summed E-state index contributed by atoms with van der Waals surface area (Å²) in [5.41, 5.74) is 5.54. The van der Waals surface area contributed by atoms with Crippen molar-refractivity contribution in [3.63, 3.8) is 0 Å². The predicted molar refractivity (Wildman–Crippen MR) is 107 cm³/mol. The highest BCUT2D eigenvalue weighted by molar-refractivity contribution is 5.21. The van der Waals surface area contributed by atoms with Crippen LogP contribution in [-0.2, 0) is 19.4 Å². The minimum absolute atomic E-state index is 1.01. The lowest BCUT2D eigenvalue weighted by atomic mass is 10.1. The lowest BCUT2D eigenvalue weighted by molar-refractivity contribution is 0.272. The van der Waals surface area contributed by atoms with Crippen LogP contribution in [0.1, 0.15) is 22.3 Å². The van der Waals surface area contributed by atoms with Crippen LogP contribution in [0.25, 0.3) is 0 Å². The second-order valence-corrected chi connectivity index (χ2v) is 6.73. The molecule has 3 rings (SSSR count). The maximum absolute atomic E-state index is 2.57. The monoisotopic (exact) mass is 329 g/mol. The Kier molecular flexibility index (Phi) is 6.42. The molecule has 0 heterocycles. The van der Waals surface area contributed by atoms with E-state index in [2.05, 4.69) is 96.8 Å². The highest BCUT2D eigenvalue weighted by Crippen LogP contribution is 2.10. The molecule has 0 spiro atoms. The van der Waals surface area contributed by atoms with Gasteiger partial charge in [0.1, 0.15) is 0 Å². The summed E-state index contributed by atoms with van der Waals surface area (Å²) >= 11 is 0. The van der Waals surface area contributed by atoms with Gasteiger partial charge in [-0.1, -0.05) is 90.5 Å². The molecule has 0 aliphatic heterocycles. The van der Waals surface area contributed by atoms with Crippen molar-refractivity contribution in [3.05, 3.63) is 107 Å². The van der Waals surface area contributed by atoms with Crippen molar-refractivity contribution in [3.8, 4) is 0 Å². The van der Waals surface area contributed by atoms with Gasteiger partial charge in [0.05, 0.1) is 0 Å². The molecule has 25 heavy (non-hydrogen) atoms. The van der Waals surface area contributed by atoms with E-state index >= 15 is 0 Å². The van der Waals surface area contributed by atoms with Crippen molar-refractivity contribution >= 4 is 0 Å². The van der Waals surface area contributed by atoms with Crippen molar-refractivity contribution in [2.45, 2.75) is 26.3 Å². The van der Waals surface area contributed by atoms with Gasteiger partial charge in [0, 0.05) is 19.6 Å². The molecule has 3 aromatic carbocycles. The zero-order valence-corrected chi connectivity index (χ0v) is 15.1. The number of hydrogen-bond donors (Lipinski definition) is 0. The Morgan fingerprint density at radius 2 is 1.04 bits per heavy atom. The van der Waals surface area contributed by atoms with Gasteiger partial charge in [-0.2, -0.15) is 0 Å². The Morgan fingerprint density at radius 3 is 1.52 bits per heavy atom. The molecule has 0 aliphatic carbocycles. The summed E-state index contributed by atoms with van der Waals surface area (Å²) in [4.78, 5) is 2.57. The van der Waals surface area contributed by atoms with Gasteiger partial charge in [-0.25, -0.2) is 0 Å². The fourth-order valence-corrected chi connectivity index (χ4v) is 3.09. The van der Waals surface area contributed by atoms with Crippen molar-refractivity contribution in [2.24, 2.45) is 0 Å². The molecule has 0 saturated heterocycles. The number of hydrogen-bond acceptors (Lipinski definition) is 1. The molecule has 0 N–H and O–H groups in total. The Labute approximate surface area is 151 Å². The average Bonchev–Trinajstić information content (AvgIpc) is 2.67. The van der Waals surface area contributed by atoms with Gasteiger partial charge in [-0.15, -0.1) is 0 Å². The highest BCUT2D eigenvalue weighted by atomic mass is 15.1. The van der Waals surface area contributed by atoms with Crippen LogP contribution in [-0.4, -0.2) is 18.0 Å². The standard InChI is InChI=1S/C24H27N/c1-21-12-14-24(15-13-21)20-25(18-16-22-8-4-2-5-9-22)19-17-23-10-6-3-7-11-23/h2-15H,16-20H2,1H3. The summed E-state index contributed by atoms with van der Waals surface area (Å²) < 4.78 is 0. The molecule has 0 radical (unpaired) electrons. The van der Waals surface area contributed by atoms with E-state index in [9.17, 15) is 0 Å². The Morgan fingerprint density at radius 1 is 0.560 bits per heavy atom. The normalized spacial score (nSPS) is 11.0. The van der Waals surface area contributed by atoms with Crippen LogP contribution < -0.4 is 0 Å². The summed E-state index contributed by atoms with van der Waals surface area (Å²) in [6.45, 7) is 5.34. The SMILES string of the molecule is Cc1ccc(CN(CCc2ccccc2)CCc2ccccc2)cc1. The van der Waals surface area contributed by atoms with Crippen LogP contribution in [0.5, 0.6) is 0 Å². The van der Waals surface area contributed by atoms with E-state index < -0.39 is 0 Å². The van der Waals surface area contributed by atoms with E-state index in [0.29, 0.717) is 0 Å². The van der Waals surface area contributed by atoms with Crippen LogP contribution >= 0.6 is 0 Å². The van der Waals surface area contributed by atoms with Crippen LogP contribution in [0, 0.1) is 6.92 Å². The first kappa shape index (κ1) is 17.4. The Balaban J connectivity index is 1.62.